The molecule has 0 saturated carbocycles. The van der Waals surface area contributed by atoms with E-state index in [4.69, 9.17) is 0 Å². The number of nitrogens with zero attached hydrogens (tertiary/aromatic N) is 2. The lowest BCUT2D eigenvalue weighted by Crippen LogP contribution is -2.41. The molecule has 0 unspecified atom stereocenters. The molecule has 1 amide bonds. The van der Waals surface area contributed by atoms with E-state index in [0.29, 0.717) is 5.56 Å². The maximum Gasteiger partial charge on any atom is 0.416 e. The third-order valence-corrected chi connectivity index (χ3v) is 6.38. The number of benzene rings is 3. The first-order valence-electron chi connectivity index (χ1n) is 10.5. The number of halogens is 3. The van der Waals surface area contributed by atoms with Crippen LogP contribution in [0.4, 0.5) is 13.2 Å². The number of nitrogens with one attached hydrogen (secondary N) is 2. The SMILES string of the molecule is CS(=O)(=O)c1ccc(CNNC(=O)c2nc3ccccc3n(-c3cccc(C(F)(F)F)c3)c2=O)cc1. The Morgan fingerprint density at radius 2 is 1.69 bits per heavy atom. The molecule has 12 heteroatoms. The van der Waals surface area contributed by atoms with Gasteiger partial charge < -0.3 is 0 Å². The standard InChI is InChI=1S/C24H19F3N4O4S/c1-36(34,35)18-11-9-15(10-12-18)14-28-30-22(32)21-23(33)31(20-8-3-2-7-19(20)29-21)17-6-4-5-16(13-17)24(25,26)27/h2-13,28H,14H2,1H3,(H,30,32). The van der Waals surface area contributed by atoms with Crippen LogP contribution in [0.25, 0.3) is 16.7 Å². The number of hydrazine groups is 1. The molecule has 0 aliphatic rings. The molecule has 3 aromatic carbocycles. The maximum atomic E-state index is 13.3. The fourth-order valence-electron chi connectivity index (χ4n) is 3.50. The fourth-order valence-corrected chi connectivity index (χ4v) is 4.13. The summed E-state index contributed by atoms with van der Waals surface area (Å²) in [5.41, 5.74) is 3.67. The van der Waals surface area contributed by atoms with Crippen LogP contribution in [0.3, 0.4) is 0 Å². The van der Waals surface area contributed by atoms with E-state index in [1.165, 1.54) is 36.4 Å². The van der Waals surface area contributed by atoms with Gasteiger partial charge in [0, 0.05) is 18.5 Å². The van der Waals surface area contributed by atoms with E-state index in [9.17, 15) is 31.2 Å². The lowest BCUT2D eigenvalue weighted by Gasteiger charge is -2.14. The van der Waals surface area contributed by atoms with Crippen molar-refractivity contribution in [1.29, 1.82) is 0 Å². The number of carbonyl (C=O) groups excluding carboxylic acids is 1. The quantitative estimate of drug-likeness (QED) is 0.381. The molecule has 0 atom stereocenters. The molecule has 4 aromatic rings. The van der Waals surface area contributed by atoms with Crippen molar-refractivity contribution in [3.05, 3.63) is 100.0 Å². The summed E-state index contributed by atoms with van der Waals surface area (Å²) < 4.78 is 63.9. The Kier molecular flexibility index (Phi) is 6.65. The average Bonchev–Trinajstić information content (AvgIpc) is 2.83. The highest BCUT2D eigenvalue weighted by Gasteiger charge is 2.31. The number of amides is 1. The molecule has 0 aliphatic carbocycles. The van der Waals surface area contributed by atoms with Gasteiger partial charge in [-0.05, 0) is 48.0 Å². The van der Waals surface area contributed by atoms with Crippen molar-refractivity contribution in [1.82, 2.24) is 20.4 Å². The first kappa shape index (κ1) is 25.1. The van der Waals surface area contributed by atoms with Gasteiger partial charge in [0.05, 0.1) is 21.5 Å². The molecule has 36 heavy (non-hydrogen) atoms. The third-order valence-electron chi connectivity index (χ3n) is 5.25. The monoisotopic (exact) mass is 516 g/mol. The largest absolute Gasteiger partial charge is 0.416 e. The van der Waals surface area contributed by atoms with Crippen LogP contribution >= 0.6 is 0 Å². The molecule has 0 aliphatic heterocycles. The minimum atomic E-state index is -4.62. The van der Waals surface area contributed by atoms with Crippen LogP contribution in [0.2, 0.25) is 0 Å². The van der Waals surface area contributed by atoms with Gasteiger partial charge in [0.1, 0.15) is 0 Å². The average molecular weight is 517 g/mol. The predicted octanol–water partition coefficient (Wildman–Crippen LogP) is 3.24. The second-order valence-electron chi connectivity index (χ2n) is 7.86. The first-order valence-corrected chi connectivity index (χ1v) is 12.4. The second kappa shape index (κ2) is 9.55. The summed E-state index contributed by atoms with van der Waals surface area (Å²) in [6.07, 6.45) is -3.53. The van der Waals surface area contributed by atoms with E-state index >= 15 is 0 Å². The Morgan fingerprint density at radius 3 is 2.36 bits per heavy atom. The number of para-hydroxylation sites is 2. The smallest absolute Gasteiger partial charge is 0.286 e. The molecule has 0 fully saturated rings. The summed E-state index contributed by atoms with van der Waals surface area (Å²) in [5, 5.41) is 0. The van der Waals surface area contributed by atoms with Crippen LogP contribution in [0.15, 0.2) is 82.5 Å². The van der Waals surface area contributed by atoms with Crippen molar-refractivity contribution >= 4 is 26.8 Å². The highest BCUT2D eigenvalue weighted by molar-refractivity contribution is 7.90. The molecule has 1 aromatic heterocycles. The lowest BCUT2D eigenvalue weighted by atomic mass is 10.1. The number of hydrogen-bond acceptors (Lipinski definition) is 6. The number of hydrogen-bond donors (Lipinski definition) is 2. The van der Waals surface area contributed by atoms with Crippen molar-refractivity contribution in [2.45, 2.75) is 17.6 Å². The Hall–Kier alpha value is -4.03. The molecular weight excluding hydrogens is 497 g/mol. The summed E-state index contributed by atoms with van der Waals surface area (Å²) in [4.78, 5) is 30.3. The Labute approximate surface area is 203 Å². The number of rotatable bonds is 6. The second-order valence-corrected chi connectivity index (χ2v) is 9.88. The normalized spacial score (nSPS) is 12.0. The van der Waals surface area contributed by atoms with E-state index in [-0.39, 0.29) is 28.2 Å². The highest BCUT2D eigenvalue weighted by Crippen LogP contribution is 2.30. The summed E-state index contributed by atoms with van der Waals surface area (Å²) in [6, 6.07) is 16.5. The topological polar surface area (TPSA) is 110 Å². The Balaban J connectivity index is 1.64. The summed E-state index contributed by atoms with van der Waals surface area (Å²) in [6.45, 7) is 0.102. The van der Waals surface area contributed by atoms with Gasteiger partial charge in [-0.1, -0.05) is 30.3 Å². The van der Waals surface area contributed by atoms with Crippen molar-refractivity contribution in [3.63, 3.8) is 0 Å². The van der Waals surface area contributed by atoms with Crippen LogP contribution in [0.5, 0.6) is 0 Å². The van der Waals surface area contributed by atoms with Crippen LogP contribution in [-0.4, -0.2) is 30.1 Å². The van der Waals surface area contributed by atoms with E-state index in [0.717, 1.165) is 23.0 Å². The van der Waals surface area contributed by atoms with Gasteiger partial charge in [-0.25, -0.2) is 18.8 Å². The zero-order valence-corrected chi connectivity index (χ0v) is 19.5. The summed E-state index contributed by atoms with van der Waals surface area (Å²) in [7, 11) is -3.35. The lowest BCUT2D eigenvalue weighted by molar-refractivity contribution is -0.137. The van der Waals surface area contributed by atoms with E-state index in [1.807, 2.05) is 0 Å². The number of sulfone groups is 1. The molecule has 186 valence electrons. The predicted molar refractivity (Wildman–Crippen MR) is 126 cm³/mol. The molecule has 0 spiro atoms. The number of aromatic nitrogens is 2. The molecule has 0 bridgehead atoms. The van der Waals surface area contributed by atoms with Gasteiger partial charge >= 0.3 is 6.18 Å². The van der Waals surface area contributed by atoms with Crippen molar-refractivity contribution in [2.24, 2.45) is 0 Å². The van der Waals surface area contributed by atoms with Gasteiger partial charge in [0.25, 0.3) is 11.5 Å². The summed E-state index contributed by atoms with van der Waals surface area (Å²) in [5.74, 6) is -0.890. The van der Waals surface area contributed by atoms with Crippen LogP contribution in [0.1, 0.15) is 21.6 Å². The Bertz CT molecular complexity index is 1620. The van der Waals surface area contributed by atoms with Gasteiger partial charge in [-0.2, -0.15) is 13.2 Å². The van der Waals surface area contributed by atoms with Crippen LogP contribution in [-0.2, 0) is 22.6 Å². The van der Waals surface area contributed by atoms with Crippen molar-refractivity contribution < 1.29 is 26.4 Å². The van der Waals surface area contributed by atoms with Crippen LogP contribution < -0.4 is 16.4 Å². The van der Waals surface area contributed by atoms with Crippen LogP contribution in [0, 0.1) is 0 Å². The molecule has 0 saturated heterocycles. The fraction of sp³-hybridized carbons (Fsp3) is 0.125. The first-order chi connectivity index (χ1) is 16.9. The molecule has 4 rings (SSSR count). The van der Waals surface area contributed by atoms with Crippen molar-refractivity contribution in [3.8, 4) is 5.69 Å². The molecule has 0 radical (unpaired) electrons. The van der Waals surface area contributed by atoms with Gasteiger partial charge in [-0.3, -0.25) is 19.6 Å². The molecule has 8 nitrogen and oxygen atoms in total. The highest BCUT2D eigenvalue weighted by atomic mass is 32.2. The van der Waals surface area contributed by atoms with Gasteiger partial charge in [-0.15, -0.1) is 0 Å². The zero-order chi connectivity index (χ0) is 26.1. The van der Waals surface area contributed by atoms with Gasteiger partial charge in [0.15, 0.2) is 15.5 Å². The maximum absolute atomic E-state index is 13.3. The number of fused-ring (bicyclic) bond motifs is 1. The minimum absolute atomic E-state index is 0.0681. The summed E-state index contributed by atoms with van der Waals surface area (Å²) >= 11 is 0. The van der Waals surface area contributed by atoms with E-state index in [1.54, 1.807) is 24.3 Å². The Morgan fingerprint density at radius 1 is 1.00 bits per heavy atom. The van der Waals surface area contributed by atoms with E-state index in [2.05, 4.69) is 15.8 Å². The minimum Gasteiger partial charge on any atom is -0.286 e. The molecule has 1 heterocycles. The van der Waals surface area contributed by atoms with Crippen molar-refractivity contribution in [2.75, 3.05) is 6.26 Å². The molecule has 2 N–H and O–H groups in total. The number of carbonyl (C=O) groups is 1. The zero-order valence-electron chi connectivity index (χ0n) is 18.7. The number of alkyl halides is 3. The molecular formula is C24H19F3N4O4S. The van der Waals surface area contributed by atoms with Gasteiger partial charge in [0.2, 0.25) is 0 Å². The van der Waals surface area contributed by atoms with E-state index < -0.39 is 38.7 Å². The third kappa shape index (κ3) is 5.29.